The van der Waals surface area contributed by atoms with E-state index in [4.69, 9.17) is 11.6 Å². The minimum Gasteiger partial charge on any atom is -0.328 e. The van der Waals surface area contributed by atoms with Crippen LogP contribution in [0.4, 0.5) is 14.6 Å². The second kappa shape index (κ2) is 8.29. The molecule has 166 valence electrons. The zero-order valence-electron chi connectivity index (χ0n) is 17.2. The smallest absolute Gasteiger partial charge is 0.257 e. The minimum atomic E-state index is -0.899. The van der Waals surface area contributed by atoms with E-state index in [0.29, 0.717) is 17.1 Å². The van der Waals surface area contributed by atoms with Gasteiger partial charge < -0.3 is 10.2 Å². The van der Waals surface area contributed by atoms with Crippen LogP contribution in [0.2, 0.25) is 5.02 Å². The number of carbonyl (C=O) groups is 2. The summed E-state index contributed by atoms with van der Waals surface area (Å²) in [6.45, 7) is 0.228. The third kappa shape index (κ3) is 4.05. The van der Waals surface area contributed by atoms with Crippen LogP contribution in [-0.4, -0.2) is 26.9 Å². The van der Waals surface area contributed by atoms with E-state index in [2.05, 4.69) is 15.5 Å². The molecule has 4 aromatic rings. The number of nitrogens with zero attached hydrogens (tertiary/aromatic N) is 2. The normalized spacial score (nSPS) is 12.8. The SMILES string of the molecule is O=C(Cc1ccc2ccccc2c1)Nc1n[nH]c2c1CN(C(=O)c1cc(F)c(Cl)cc1F)C2. The first-order valence-corrected chi connectivity index (χ1v) is 10.5. The highest BCUT2D eigenvalue weighted by Gasteiger charge is 2.31. The van der Waals surface area contributed by atoms with Gasteiger partial charge in [-0.1, -0.05) is 54.1 Å². The highest BCUT2D eigenvalue weighted by atomic mass is 35.5. The van der Waals surface area contributed by atoms with Gasteiger partial charge in [0.15, 0.2) is 5.82 Å². The van der Waals surface area contributed by atoms with Crippen molar-refractivity contribution in [2.24, 2.45) is 0 Å². The number of benzene rings is 3. The second-order valence-corrected chi connectivity index (χ2v) is 8.25. The van der Waals surface area contributed by atoms with Crippen LogP contribution in [-0.2, 0) is 24.3 Å². The maximum absolute atomic E-state index is 14.2. The first-order chi connectivity index (χ1) is 15.9. The molecule has 0 saturated heterocycles. The standard InChI is InChI=1S/C24H17ClF2N4O2/c25-18-10-19(26)16(9-20(18)27)24(33)31-11-17-21(12-31)29-30-23(17)28-22(32)8-13-5-6-14-3-1-2-4-15(14)7-13/h1-7,9-10H,8,11-12H2,(H2,28,29,30,32). The summed E-state index contributed by atoms with van der Waals surface area (Å²) in [5.41, 5.74) is 1.71. The molecule has 1 aliphatic rings. The van der Waals surface area contributed by atoms with Crippen molar-refractivity contribution in [1.29, 1.82) is 0 Å². The Kier molecular flexibility index (Phi) is 5.30. The number of anilines is 1. The number of hydrogen-bond acceptors (Lipinski definition) is 3. The van der Waals surface area contributed by atoms with Gasteiger partial charge in [-0.15, -0.1) is 0 Å². The Balaban J connectivity index is 1.28. The molecule has 0 fully saturated rings. The van der Waals surface area contributed by atoms with E-state index in [1.54, 1.807) is 0 Å². The molecule has 33 heavy (non-hydrogen) atoms. The fourth-order valence-corrected chi connectivity index (χ4v) is 4.10. The Morgan fingerprint density at radius 2 is 1.82 bits per heavy atom. The molecule has 2 N–H and O–H groups in total. The maximum atomic E-state index is 14.2. The van der Waals surface area contributed by atoms with Crippen molar-refractivity contribution in [1.82, 2.24) is 15.1 Å². The third-order valence-electron chi connectivity index (χ3n) is 5.61. The predicted molar refractivity (Wildman–Crippen MR) is 120 cm³/mol. The van der Waals surface area contributed by atoms with Gasteiger partial charge in [0.05, 0.1) is 35.8 Å². The Hall–Kier alpha value is -3.78. The zero-order chi connectivity index (χ0) is 23.1. The molecule has 0 saturated carbocycles. The summed E-state index contributed by atoms with van der Waals surface area (Å²) in [5.74, 6) is -2.39. The Morgan fingerprint density at radius 3 is 2.64 bits per heavy atom. The highest BCUT2D eigenvalue weighted by molar-refractivity contribution is 6.30. The summed E-state index contributed by atoms with van der Waals surface area (Å²) in [4.78, 5) is 26.7. The Morgan fingerprint density at radius 1 is 1.03 bits per heavy atom. The van der Waals surface area contributed by atoms with E-state index in [1.165, 1.54) is 4.90 Å². The first kappa shape index (κ1) is 21.1. The third-order valence-corrected chi connectivity index (χ3v) is 5.90. The minimum absolute atomic E-state index is 0.0972. The van der Waals surface area contributed by atoms with Gasteiger partial charge in [-0.2, -0.15) is 5.10 Å². The molecule has 0 unspecified atom stereocenters. The van der Waals surface area contributed by atoms with Crippen molar-refractivity contribution < 1.29 is 18.4 Å². The van der Waals surface area contributed by atoms with Crippen molar-refractivity contribution in [3.8, 4) is 0 Å². The fraction of sp³-hybridized carbons (Fsp3) is 0.125. The van der Waals surface area contributed by atoms with Gasteiger partial charge in [0, 0.05) is 5.56 Å². The monoisotopic (exact) mass is 466 g/mol. The summed E-state index contributed by atoms with van der Waals surface area (Å²) in [6.07, 6.45) is 0.157. The summed E-state index contributed by atoms with van der Waals surface area (Å²) in [6, 6.07) is 15.3. The molecule has 5 rings (SSSR count). The lowest BCUT2D eigenvalue weighted by Gasteiger charge is -2.16. The first-order valence-electron chi connectivity index (χ1n) is 10.2. The van der Waals surface area contributed by atoms with Crippen molar-refractivity contribution in [3.05, 3.63) is 93.6 Å². The molecule has 0 spiro atoms. The molecule has 0 radical (unpaired) electrons. The Labute approximate surface area is 192 Å². The average molecular weight is 467 g/mol. The van der Waals surface area contributed by atoms with Crippen LogP contribution in [0.15, 0.2) is 54.6 Å². The molecule has 3 aromatic carbocycles. The number of amides is 2. The molecule has 1 aliphatic heterocycles. The molecule has 6 nitrogen and oxygen atoms in total. The van der Waals surface area contributed by atoms with Crippen LogP contribution in [0.25, 0.3) is 10.8 Å². The van der Waals surface area contributed by atoms with Crippen LogP contribution in [0.1, 0.15) is 27.2 Å². The molecular formula is C24H17ClF2N4O2. The number of halogens is 3. The second-order valence-electron chi connectivity index (χ2n) is 7.84. The van der Waals surface area contributed by atoms with Crippen LogP contribution in [0.5, 0.6) is 0 Å². The lowest BCUT2D eigenvalue weighted by Crippen LogP contribution is -2.27. The van der Waals surface area contributed by atoms with Gasteiger partial charge in [0.25, 0.3) is 5.91 Å². The van der Waals surface area contributed by atoms with Crippen molar-refractivity contribution in [2.45, 2.75) is 19.5 Å². The highest BCUT2D eigenvalue weighted by Crippen LogP contribution is 2.30. The van der Waals surface area contributed by atoms with E-state index < -0.39 is 28.1 Å². The van der Waals surface area contributed by atoms with Gasteiger partial charge >= 0.3 is 0 Å². The molecule has 9 heteroatoms. The molecule has 0 atom stereocenters. The van der Waals surface area contributed by atoms with Gasteiger partial charge in [-0.3, -0.25) is 14.7 Å². The number of rotatable bonds is 4. The van der Waals surface area contributed by atoms with Gasteiger partial charge in [0.2, 0.25) is 5.91 Å². The number of fused-ring (bicyclic) bond motifs is 2. The lowest BCUT2D eigenvalue weighted by atomic mass is 10.0. The summed E-state index contributed by atoms with van der Waals surface area (Å²) in [5, 5.41) is 11.5. The van der Waals surface area contributed by atoms with Crippen molar-refractivity contribution >= 4 is 40.0 Å². The number of nitrogens with one attached hydrogen (secondary N) is 2. The van der Waals surface area contributed by atoms with Crippen LogP contribution >= 0.6 is 11.6 Å². The molecule has 0 bridgehead atoms. The largest absolute Gasteiger partial charge is 0.328 e. The fourth-order valence-electron chi connectivity index (χ4n) is 3.95. The topological polar surface area (TPSA) is 78.1 Å². The quantitative estimate of drug-likeness (QED) is 0.423. The lowest BCUT2D eigenvalue weighted by molar-refractivity contribution is -0.115. The van der Waals surface area contributed by atoms with E-state index in [0.717, 1.165) is 28.5 Å². The van der Waals surface area contributed by atoms with E-state index in [-0.39, 0.29) is 25.4 Å². The number of carbonyl (C=O) groups excluding carboxylic acids is 2. The van der Waals surface area contributed by atoms with E-state index in [9.17, 15) is 18.4 Å². The molecule has 2 heterocycles. The molecule has 1 aromatic heterocycles. The molecule has 0 aliphatic carbocycles. The number of H-pyrrole nitrogens is 1. The zero-order valence-corrected chi connectivity index (χ0v) is 17.9. The van der Waals surface area contributed by atoms with Crippen LogP contribution in [0, 0.1) is 11.6 Å². The van der Waals surface area contributed by atoms with Crippen LogP contribution in [0.3, 0.4) is 0 Å². The number of aromatic nitrogens is 2. The van der Waals surface area contributed by atoms with Crippen molar-refractivity contribution in [2.75, 3.05) is 5.32 Å². The number of aromatic amines is 1. The predicted octanol–water partition coefficient (Wildman–Crippen LogP) is 4.83. The van der Waals surface area contributed by atoms with Gasteiger partial charge in [-0.05, 0) is 28.5 Å². The van der Waals surface area contributed by atoms with Gasteiger partial charge in [-0.25, -0.2) is 8.78 Å². The van der Waals surface area contributed by atoms with E-state index >= 15 is 0 Å². The molecule has 2 amide bonds. The Bertz CT molecular complexity index is 1420. The summed E-state index contributed by atoms with van der Waals surface area (Å²) < 4.78 is 27.9. The number of hydrogen-bond donors (Lipinski definition) is 2. The molecular weight excluding hydrogens is 450 g/mol. The van der Waals surface area contributed by atoms with Crippen LogP contribution < -0.4 is 5.32 Å². The summed E-state index contributed by atoms with van der Waals surface area (Å²) in [7, 11) is 0. The average Bonchev–Trinajstić information content (AvgIpc) is 3.38. The maximum Gasteiger partial charge on any atom is 0.257 e. The summed E-state index contributed by atoms with van der Waals surface area (Å²) >= 11 is 5.57. The van der Waals surface area contributed by atoms with Crippen molar-refractivity contribution in [3.63, 3.8) is 0 Å². The van der Waals surface area contributed by atoms with E-state index in [1.807, 2.05) is 42.5 Å². The van der Waals surface area contributed by atoms with Gasteiger partial charge in [0.1, 0.15) is 11.6 Å².